The maximum absolute atomic E-state index is 15.0. The molecule has 1 aliphatic carbocycles. The number of H-pyrrole nitrogens is 1. The van der Waals surface area contributed by atoms with E-state index < -0.39 is 11.8 Å². The molecule has 204 valence electrons. The van der Waals surface area contributed by atoms with Crippen LogP contribution in [0.3, 0.4) is 0 Å². The van der Waals surface area contributed by atoms with Crippen molar-refractivity contribution in [3.8, 4) is 28.3 Å². The zero-order valence-corrected chi connectivity index (χ0v) is 21.9. The van der Waals surface area contributed by atoms with Gasteiger partial charge in [-0.2, -0.15) is 5.10 Å². The maximum atomic E-state index is 15.0. The van der Waals surface area contributed by atoms with E-state index in [2.05, 4.69) is 30.7 Å². The number of aromatic nitrogens is 2. The molecular formula is C28H32FN7O3. The number of ether oxygens (including phenoxy) is 1. The second-order valence-electron chi connectivity index (χ2n) is 10.3. The third-order valence-electron chi connectivity index (χ3n) is 7.63. The van der Waals surface area contributed by atoms with Crippen molar-refractivity contribution >= 4 is 17.5 Å². The summed E-state index contributed by atoms with van der Waals surface area (Å²) >= 11 is 0. The lowest BCUT2D eigenvalue weighted by Crippen LogP contribution is -2.53. The fraction of sp³-hybridized carbons (Fsp3) is 0.393. The van der Waals surface area contributed by atoms with Gasteiger partial charge in [0, 0.05) is 43.9 Å². The van der Waals surface area contributed by atoms with Crippen molar-refractivity contribution in [2.45, 2.75) is 12.8 Å². The van der Waals surface area contributed by atoms with Gasteiger partial charge in [-0.3, -0.25) is 20.2 Å². The zero-order valence-electron chi connectivity index (χ0n) is 21.9. The van der Waals surface area contributed by atoms with Crippen molar-refractivity contribution in [3.63, 3.8) is 0 Å². The van der Waals surface area contributed by atoms with Crippen LogP contribution in [0.2, 0.25) is 0 Å². The summed E-state index contributed by atoms with van der Waals surface area (Å²) in [5.74, 6) is -0.597. The normalized spacial score (nSPS) is 17.7. The SMILES string of the molecule is CN1CCN(NC(=O)Nc2cccc3c2C(=O)c2c(-c4ccc(OCCN5CCCC5)c(F)c4)n[nH]c2-3)CC1. The average molecular weight is 534 g/mol. The van der Waals surface area contributed by atoms with Gasteiger partial charge in [0.2, 0.25) is 0 Å². The topological polar surface area (TPSA) is 106 Å². The van der Waals surface area contributed by atoms with Gasteiger partial charge in [-0.05, 0) is 57.2 Å². The molecule has 0 spiro atoms. The van der Waals surface area contributed by atoms with Gasteiger partial charge in [-0.25, -0.2) is 14.2 Å². The van der Waals surface area contributed by atoms with Gasteiger partial charge >= 0.3 is 6.03 Å². The van der Waals surface area contributed by atoms with Crippen molar-refractivity contribution in [1.29, 1.82) is 0 Å². The highest BCUT2D eigenvalue weighted by Crippen LogP contribution is 2.43. The smallest absolute Gasteiger partial charge is 0.333 e. The van der Waals surface area contributed by atoms with Crippen molar-refractivity contribution in [3.05, 3.63) is 53.3 Å². The molecule has 3 N–H and O–H groups in total. The van der Waals surface area contributed by atoms with Crippen LogP contribution in [0.15, 0.2) is 36.4 Å². The Morgan fingerprint density at radius 2 is 1.87 bits per heavy atom. The number of nitrogens with one attached hydrogen (secondary N) is 3. The molecule has 0 saturated carbocycles. The molecule has 1 aromatic heterocycles. The fourth-order valence-electron chi connectivity index (χ4n) is 5.47. The number of likely N-dealkylation sites (tertiary alicyclic amines) is 1. The Bertz CT molecular complexity index is 1390. The molecule has 10 nitrogen and oxygen atoms in total. The van der Waals surface area contributed by atoms with Crippen LogP contribution in [-0.4, -0.2) is 96.3 Å². The van der Waals surface area contributed by atoms with E-state index in [4.69, 9.17) is 4.74 Å². The quantitative estimate of drug-likeness (QED) is 0.335. The number of carbonyl (C=O) groups excluding carboxylic acids is 2. The van der Waals surface area contributed by atoms with Crippen molar-refractivity contribution in [1.82, 2.24) is 30.4 Å². The maximum Gasteiger partial charge on any atom is 0.333 e. The van der Waals surface area contributed by atoms with Crippen LogP contribution in [0.25, 0.3) is 22.5 Å². The highest BCUT2D eigenvalue weighted by Gasteiger charge is 2.35. The van der Waals surface area contributed by atoms with Gasteiger partial charge in [0.15, 0.2) is 17.3 Å². The van der Waals surface area contributed by atoms with Crippen LogP contribution in [-0.2, 0) is 0 Å². The molecule has 2 aromatic carbocycles. The van der Waals surface area contributed by atoms with E-state index in [0.717, 1.165) is 32.7 Å². The summed E-state index contributed by atoms with van der Waals surface area (Å²) in [6.07, 6.45) is 2.39. The van der Waals surface area contributed by atoms with E-state index >= 15 is 0 Å². The number of halogens is 1. The molecule has 3 aliphatic rings. The third kappa shape index (κ3) is 5.12. The second-order valence-corrected chi connectivity index (χ2v) is 10.3. The standard InChI is InChI=1S/C28H32FN7O3/c1-34-11-13-36(14-12-34)33-28(38)30-21-6-4-5-19-23(21)27(37)24-25(31-32-26(19)24)18-7-8-22(20(29)17-18)39-16-15-35-9-2-3-10-35/h4-8,17H,2-3,9-16H2,1H3,(H,31,32)(H2,30,33,38). The number of piperazine rings is 1. The van der Waals surface area contributed by atoms with Crippen LogP contribution in [0, 0.1) is 5.82 Å². The molecule has 2 saturated heterocycles. The predicted octanol–water partition coefficient (Wildman–Crippen LogP) is 3.19. The lowest BCUT2D eigenvalue weighted by Gasteiger charge is -2.32. The molecule has 0 atom stereocenters. The molecule has 3 heterocycles. The van der Waals surface area contributed by atoms with Crippen molar-refractivity contribution < 1.29 is 18.7 Å². The molecular weight excluding hydrogens is 501 g/mol. The van der Waals surface area contributed by atoms with Crippen molar-refractivity contribution in [2.24, 2.45) is 0 Å². The minimum Gasteiger partial charge on any atom is -0.489 e. The number of amides is 2. The number of carbonyl (C=O) groups is 2. The molecule has 3 aromatic rings. The number of fused-ring (bicyclic) bond motifs is 3. The Kier molecular flexibility index (Phi) is 7.03. The highest BCUT2D eigenvalue weighted by atomic mass is 19.1. The summed E-state index contributed by atoms with van der Waals surface area (Å²) < 4.78 is 20.6. The average Bonchev–Trinajstić information content (AvgIpc) is 3.66. The molecule has 2 aliphatic heterocycles. The Morgan fingerprint density at radius 1 is 1.08 bits per heavy atom. The summed E-state index contributed by atoms with van der Waals surface area (Å²) in [4.78, 5) is 30.8. The number of likely N-dealkylation sites (N-methyl/N-ethyl adjacent to an activating group) is 1. The molecule has 0 radical (unpaired) electrons. The Balaban J connectivity index is 1.17. The number of urea groups is 1. The number of rotatable bonds is 7. The summed E-state index contributed by atoms with van der Waals surface area (Å²) in [5, 5.41) is 12.0. The first-order valence-corrected chi connectivity index (χ1v) is 13.4. The number of benzene rings is 2. The van der Waals surface area contributed by atoms with E-state index in [1.54, 1.807) is 24.3 Å². The summed E-state index contributed by atoms with van der Waals surface area (Å²) in [7, 11) is 2.04. The first kappa shape index (κ1) is 25.5. The molecule has 6 rings (SSSR count). The van der Waals surface area contributed by atoms with Gasteiger partial charge in [-0.1, -0.05) is 12.1 Å². The molecule has 0 bridgehead atoms. The fourth-order valence-corrected chi connectivity index (χ4v) is 5.47. The number of anilines is 1. The van der Waals surface area contributed by atoms with Gasteiger partial charge in [-0.15, -0.1) is 0 Å². The first-order valence-electron chi connectivity index (χ1n) is 13.4. The molecule has 2 amide bonds. The zero-order chi connectivity index (χ0) is 26.9. The number of hydrogen-bond donors (Lipinski definition) is 3. The van der Waals surface area contributed by atoms with Crippen LogP contribution in [0.1, 0.15) is 28.8 Å². The van der Waals surface area contributed by atoms with Crippen LogP contribution < -0.4 is 15.5 Å². The highest BCUT2D eigenvalue weighted by molar-refractivity contribution is 6.26. The second kappa shape index (κ2) is 10.8. The molecule has 11 heteroatoms. The van der Waals surface area contributed by atoms with Gasteiger partial charge < -0.3 is 15.0 Å². The minimum absolute atomic E-state index is 0.178. The summed E-state index contributed by atoms with van der Waals surface area (Å²) in [5.41, 5.74) is 6.05. The monoisotopic (exact) mass is 533 g/mol. The Labute approximate surface area is 226 Å². The van der Waals surface area contributed by atoms with E-state index in [-0.39, 0.29) is 11.5 Å². The summed E-state index contributed by atoms with van der Waals surface area (Å²) in [6.45, 7) is 6.45. The molecule has 0 unspecified atom stereocenters. The largest absolute Gasteiger partial charge is 0.489 e. The van der Waals surface area contributed by atoms with Gasteiger partial charge in [0.1, 0.15) is 12.3 Å². The predicted molar refractivity (Wildman–Crippen MR) is 145 cm³/mol. The lowest BCUT2D eigenvalue weighted by atomic mass is 10.0. The van der Waals surface area contributed by atoms with Gasteiger partial charge in [0.25, 0.3) is 0 Å². The number of ketones is 1. The minimum atomic E-state index is -0.503. The van der Waals surface area contributed by atoms with E-state index in [9.17, 15) is 14.0 Å². The molecule has 39 heavy (non-hydrogen) atoms. The number of hydrogen-bond acceptors (Lipinski definition) is 7. The lowest BCUT2D eigenvalue weighted by molar-refractivity contribution is 0.104. The van der Waals surface area contributed by atoms with E-state index in [1.165, 1.54) is 18.9 Å². The van der Waals surface area contributed by atoms with Crippen LogP contribution in [0.5, 0.6) is 5.75 Å². The van der Waals surface area contributed by atoms with E-state index in [1.807, 2.05) is 18.1 Å². The van der Waals surface area contributed by atoms with Crippen LogP contribution in [0.4, 0.5) is 14.9 Å². The number of nitrogens with zero attached hydrogens (tertiary/aromatic N) is 4. The number of aromatic amines is 1. The van der Waals surface area contributed by atoms with Crippen LogP contribution >= 0.6 is 0 Å². The third-order valence-corrected chi connectivity index (χ3v) is 7.63. The van der Waals surface area contributed by atoms with E-state index in [0.29, 0.717) is 59.0 Å². The first-order chi connectivity index (χ1) is 19.0. The molecule has 2 fully saturated rings. The summed E-state index contributed by atoms with van der Waals surface area (Å²) in [6, 6.07) is 9.52. The number of hydrazine groups is 1. The Hall–Kier alpha value is -3.80. The van der Waals surface area contributed by atoms with Crippen molar-refractivity contribution in [2.75, 3.05) is 64.8 Å². The van der Waals surface area contributed by atoms with Gasteiger partial charge in [0.05, 0.1) is 22.5 Å². The Morgan fingerprint density at radius 3 is 2.64 bits per heavy atom.